The average Bonchev–Trinajstić information content (AvgIpc) is 2.66. The van der Waals surface area contributed by atoms with Gasteiger partial charge < -0.3 is 10.1 Å². The van der Waals surface area contributed by atoms with Crippen molar-refractivity contribution in [1.82, 2.24) is 5.32 Å². The summed E-state index contributed by atoms with van der Waals surface area (Å²) < 4.78 is 43.9. The predicted molar refractivity (Wildman–Crippen MR) is 107 cm³/mol. The molecule has 0 spiro atoms. The van der Waals surface area contributed by atoms with E-state index in [0.29, 0.717) is 12.2 Å². The van der Waals surface area contributed by atoms with Gasteiger partial charge >= 0.3 is 0 Å². The molecular formula is C20H25FN2O4S. The number of hydrogen-bond donors (Lipinski definition) is 1. The molecular weight excluding hydrogens is 383 g/mol. The Hall–Kier alpha value is -2.61. The molecule has 2 atom stereocenters. The van der Waals surface area contributed by atoms with Gasteiger partial charge in [-0.2, -0.15) is 0 Å². The summed E-state index contributed by atoms with van der Waals surface area (Å²) >= 11 is 0. The van der Waals surface area contributed by atoms with Crippen LogP contribution in [0.25, 0.3) is 0 Å². The molecule has 0 saturated carbocycles. The molecule has 1 N–H and O–H groups in total. The number of rotatable bonds is 8. The van der Waals surface area contributed by atoms with E-state index in [1.54, 1.807) is 19.2 Å². The van der Waals surface area contributed by atoms with Crippen LogP contribution in [0, 0.1) is 5.82 Å². The van der Waals surface area contributed by atoms with Crippen LogP contribution in [0.1, 0.15) is 31.9 Å². The normalized spacial score (nSPS) is 13.5. The first-order valence-corrected chi connectivity index (χ1v) is 10.7. The molecule has 0 fully saturated rings. The van der Waals surface area contributed by atoms with E-state index in [2.05, 4.69) is 5.32 Å². The minimum Gasteiger partial charge on any atom is -0.497 e. The van der Waals surface area contributed by atoms with E-state index in [0.717, 1.165) is 28.3 Å². The van der Waals surface area contributed by atoms with Gasteiger partial charge in [0.2, 0.25) is 15.9 Å². The molecule has 2 rings (SSSR count). The predicted octanol–water partition coefficient (Wildman–Crippen LogP) is 3.26. The zero-order valence-corrected chi connectivity index (χ0v) is 17.2. The molecule has 0 heterocycles. The number of sulfonamides is 1. The Kier molecular flexibility index (Phi) is 7.01. The summed E-state index contributed by atoms with van der Waals surface area (Å²) in [6.45, 7) is 3.43. The van der Waals surface area contributed by atoms with Crippen LogP contribution in [0.4, 0.5) is 10.1 Å². The lowest BCUT2D eigenvalue weighted by molar-refractivity contribution is -0.122. The van der Waals surface area contributed by atoms with Crippen LogP contribution in [0.2, 0.25) is 0 Å². The third-order valence-electron chi connectivity index (χ3n) is 4.41. The van der Waals surface area contributed by atoms with E-state index in [-0.39, 0.29) is 11.7 Å². The highest BCUT2D eigenvalue weighted by Crippen LogP contribution is 2.23. The molecule has 0 saturated heterocycles. The molecule has 2 aromatic rings. The largest absolute Gasteiger partial charge is 0.497 e. The molecule has 28 heavy (non-hydrogen) atoms. The number of ether oxygens (including phenoxy) is 1. The second kappa shape index (κ2) is 9.05. The van der Waals surface area contributed by atoms with Crippen molar-refractivity contribution < 1.29 is 22.3 Å². The van der Waals surface area contributed by atoms with Crippen LogP contribution in [-0.4, -0.2) is 33.7 Å². The maximum Gasteiger partial charge on any atom is 0.244 e. The van der Waals surface area contributed by atoms with Crippen molar-refractivity contribution in [3.63, 3.8) is 0 Å². The number of nitrogens with zero attached hydrogens (tertiary/aromatic N) is 1. The number of methoxy groups -OCH3 is 1. The number of carbonyl (C=O) groups is 1. The first kappa shape index (κ1) is 21.7. The molecule has 0 aliphatic carbocycles. The molecule has 2 aromatic carbocycles. The van der Waals surface area contributed by atoms with E-state index in [1.165, 1.54) is 19.1 Å². The minimum absolute atomic E-state index is 0.226. The highest BCUT2D eigenvalue weighted by atomic mass is 32.2. The first-order chi connectivity index (χ1) is 13.2. The monoisotopic (exact) mass is 408 g/mol. The fraction of sp³-hybridized carbons (Fsp3) is 0.350. The van der Waals surface area contributed by atoms with Gasteiger partial charge in [0.15, 0.2) is 0 Å². The summed E-state index contributed by atoms with van der Waals surface area (Å²) in [6, 6.07) is 11.0. The van der Waals surface area contributed by atoms with Crippen LogP contribution in [-0.2, 0) is 14.8 Å². The summed E-state index contributed by atoms with van der Waals surface area (Å²) in [5, 5.41) is 2.89. The molecule has 0 radical (unpaired) electrons. The van der Waals surface area contributed by atoms with Gasteiger partial charge in [0, 0.05) is 0 Å². The number of nitrogens with one attached hydrogen (secondary N) is 1. The van der Waals surface area contributed by atoms with Crippen molar-refractivity contribution in [2.75, 3.05) is 17.7 Å². The van der Waals surface area contributed by atoms with Crippen molar-refractivity contribution in [3.05, 3.63) is 59.9 Å². The van der Waals surface area contributed by atoms with Gasteiger partial charge in [0.1, 0.15) is 17.6 Å². The van der Waals surface area contributed by atoms with E-state index < -0.39 is 27.8 Å². The minimum atomic E-state index is -3.76. The molecule has 1 amide bonds. The lowest BCUT2D eigenvalue weighted by Gasteiger charge is -2.29. The lowest BCUT2D eigenvalue weighted by atomic mass is 10.0. The average molecular weight is 408 g/mol. The standard InChI is InChI=1S/C20H25FN2O4S/c1-5-19(15-6-12-18(27-3)13-7-15)22-20(24)14(2)23(28(4,25)26)17-10-8-16(21)9-11-17/h6-14,19H,5H2,1-4H3,(H,22,24)/t14-,19-/m0/s1. The van der Waals surface area contributed by atoms with Crippen LogP contribution in [0.3, 0.4) is 0 Å². The second-order valence-electron chi connectivity index (χ2n) is 6.45. The van der Waals surface area contributed by atoms with E-state index in [1.807, 2.05) is 19.1 Å². The van der Waals surface area contributed by atoms with Gasteiger partial charge in [-0.25, -0.2) is 12.8 Å². The van der Waals surface area contributed by atoms with Crippen molar-refractivity contribution in [2.45, 2.75) is 32.4 Å². The third-order valence-corrected chi connectivity index (χ3v) is 5.65. The Morgan fingerprint density at radius 3 is 2.18 bits per heavy atom. The Morgan fingerprint density at radius 1 is 1.14 bits per heavy atom. The molecule has 0 aliphatic rings. The summed E-state index contributed by atoms with van der Waals surface area (Å²) in [4.78, 5) is 12.8. The Morgan fingerprint density at radius 2 is 1.71 bits per heavy atom. The van der Waals surface area contributed by atoms with Gasteiger partial charge in [0.25, 0.3) is 0 Å². The van der Waals surface area contributed by atoms with Crippen molar-refractivity contribution in [1.29, 1.82) is 0 Å². The maximum atomic E-state index is 13.2. The molecule has 6 nitrogen and oxygen atoms in total. The topological polar surface area (TPSA) is 75.7 Å². The van der Waals surface area contributed by atoms with Gasteiger partial charge in [-0.15, -0.1) is 0 Å². The van der Waals surface area contributed by atoms with Crippen LogP contribution in [0.15, 0.2) is 48.5 Å². The Bertz CT molecular complexity index is 899. The SMILES string of the molecule is CC[C@H](NC(=O)[C@H](C)N(c1ccc(F)cc1)S(C)(=O)=O)c1ccc(OC)cc1. The van der Waals surface area contributed by atoms with Crippen molar-refractivity contribution >= 4 is 21.6 Å². The smallest absolute Gasteiger partial charge is 0.244 e. The van der Waals surface area contributed by atoms with Gasteiger partial charge in [-0.1, -0.05) is 19.1 Å². The number of amides is 1. The lowest BCUT2D eigenvalue weighted by Crippen LogP contribution is -2.48. The third kappa shape index (κ3) is 5.22. The first-order valence-electron chi connectivity index (χ1n) is 8.86. The summed E-state index contributed by atoms with van der Waals surface area (Å²) in [6.07, 6.45) is 1.64. The highest BCUT2D eigenvalue weighted by Gasteiger charge is 2.30. The summed E-state index contributed by atoms with van der Waals surface area (Å²) in [7, 11) is -2.18. The maximum absolute atomic E-state index is 13.2. The highest BCUT2D eigenvalue weighted by molar-refractivity contribution is 7.92. The molecule has 8 heteroatoms. The molecule has 0 aliphatic heterocycles. The van der Waals surface area contributed by atoms with E-state index in [9.17, 15) is 17.6 Å². The Balaban J connectivity index is 2.24. The number of hydrogen-bond acceptors (Lipinski definition) is 4. The zero-order valence-electron chi connectivity index (χ0n) is 16.3. The molecule has 0 bridgehead atoms. The number of halogens is 1. The van der Waals surface area contributed by atoms with Crippen molar-refractivity contribution in [3.8, 4) is 5.75 Å². The fourth-order valence-corrected chi connectivity index (χ4v) is 4.12. The summed E-state index contributed by atoms with van der Waals surface area (Å²) in [5.74, 6) is -0.227. The molecule has 152 valence electrons. The van der Waals surface area contributed by atoms with Gasteiger partial charge in [-0.05, 0) is 55.3 Å². The second-order valence-corrected chi connectivity index (χ2v) is 8.31. The zero-order chi connectivity index (χ0) is 20.9. The number of anilines is 1. The quantitative estimate of drug-likeness (QED) is 0.728. The fourth-order valence-electron chi connectivity index (χ4n) is 2.95. The Labute approximate surface area is 165 Å². The van der Waals surface area contributed by atoms with E-state index in [4.69, 9.17) is 4.74 Å². The van der Waals surface area contributed by atoms with Crippen LogP contribution in [0.5, 0.6) is 5.75 Å². The summed E-state index contributed by atoms with van der Waals surface area (Å²) in [5.41, 5.74) is 1.11. The molecule has 0 unspecified atom stereocenters. The van der Waals surface area contributed by atoms with Crippen molar-refractivity contribution in [2.24, 2.45) is 0 Å². The molecule has 0 aromatic heterocycles. The number of benzene rings is 2. The van der Waals surface area contributed by atoms with E-state index >= 15 is 0 Å². The van der Waals surface area contributed by atoms with Gasteiger partial charge in [-0.3, -0.25) is 9.10 Å². The number of carbonyl (C=O) groups excluding carboxylic acids is 1. The van der Waals surface area contributed by atoms with Crippen LogP contribution < -0.4 is 14.4 Å². The van der Waals surface area contributed by atoms with Gasteiger partial charge in [0.05, 0.1) is 25.1 Å². The van der Waals surface area contributed by atoms with Crippen LogP contribution >= 0.6 is 0 Å².